The molecule has 0 aliphatic heterocycles. The molecule has 0 fully saturated rings. The number of rotatable bonds is 3. The summed E-state index contributed by atoms with van der Waals surface area (Å²) in [5.41, 5.74) is 4.03. The highest BCUT2D eigenvalue weighted by Gasteiger charge is 2.08. The topological polar surface area (TPSA) is 74.6 Å². The van der Waals surface area contributed by atoms with Crippen molar-refractivity contribution in [2.24, 2.45) is 5.10 Å². The van der Waals surface area contributed by atoms with Gasteiger partial charge in [0.25, 0.3) is 5.91 Å². The SMILES string of the molecule is O=C(N/N=C/c1ccc2ccccc2n1)c1ccccc1O. The minimum atomic E-state index is -0.477. The highest BCUT2D eigenvalue weighted by molar-refractivity contribution is 5.97. The fourth-order valence-electron chi connectivity index (χ4n) is 2.04. The first-order chi connectivity index (χ1) is 10.7. The molecule has 5 heteroatoms. The number of phenolic OH excluding ortho intramolecular Hbond substituents is 1. The fourth-order valence-corrected chi connectivity index (χ4v) is 2.04. The molecule has 5 nitrogen and oxygen atoms in total. The standard InChI is InChI=1S/C17H13N3O2/c21-16-8-4-2-6-14(16)17(22)20-18-11-13-10-9-12-5-1-3-7-15(12)19-13/h1-11,21H,(H,20,22)/b18-11+. The van der Waals surface area contributed by atoms with E-state index >= 15 is 0 Å². The quantitative estimate of drug-likeness (QED) is 0.575. The molecule has 0 atom stereocenters. The molecule has 2 aromatic carbocycles. The summed E-state index contributed by atoms with van der Waals surface area (Å²) in [5.74, 6) is -0.561. The molecular formula is C17H13N3O2. The van der Waals surface area contributed by atoms with Gasteiger partial charge in [0.15, 0.2) is 0 Å². The molecule has 0 aliphatic carbocycles. The number of carbonyl (C=O) groups is 1. The summed E-state index contributed by atoms with van der Waals surface area (Å²) in [6.45, 7) is 0. The van der Waals surface area contributed by atoms with Gasteiger partial charge in [-0.2, -0.15) is 5.10 Å². The summed E-state index contributed by atoms with van der Waals surface area (Å²) in [5, 5.41) is 14.5. The number of nitrogens with one attached hydrogen (secondary N) is 1. The van der Waals surface area contributed by atoms with Crippen molar-refractivity contribution >= 4 is 23.0 Å². The third-order valence-corrected chi connectivity index (χ3v) is 3.13. The number of hydrogen-bond acceptors (Lipinski definition) is 4. The minimum Gasteiger partial charge on any atom is -0.507 e. The number of aromatic nitrogens is 1. The number of phenols is 1. The van der Waals surface area contributed by atoms with Crippen LogP contribution >= 0.6 is 0 Å². The number of carbonyl (C=O) groups excluding carboxylic acids is 1. The van der Waals surface area contributed by atoms with Crippen molar-refractivity contribution in [1.82, 2.24) is 10.4 Å². The summed E-state index contributed by atoms with van der Waals surface area (Å²) in [6, 6.07) is 17.8. The Labute approximate surface area is 126 Å². The molecule has 108 valence electrons. The number of amides is 1. The molecule has 0 saturated carbocycles. The molecule has 0 spiro atoms. The van der Waals surface area contributed by atoms with E-state index in [0.717, 1.165) is 10.9 Å². The van der Waals surface area contributed by atoms with Crippen molar-refractivity contribution in [2.75, 3.05) is 0 Å². The summed E-state index contributed by atoms with van der Waals surface area (Å²) < 4.78 is 0. The van der Waals surface area contributed by atoms with E-state index < -0.39 is 5.91 Å². The molecule has 3 aromatic rings. The lowest BCUT2D eigenvalue weighted by molar-refractivity contribution is 0.0952. The first-order valence-corrected chi connectivity index (χ1v) is 6.71. The average Bonchev–Trinajstić information content (AvgIpc) is 2.55. The summed E-state index contributed by atoms with van der Waals surface area (Å²) >= 11 is 0. The Morgan fingerprint density at radius 1 is 1.05 bits per heavy atom. The monoisotopic (exact) mass is 291 g/mol. The van der Waals surface area contributed by atoms with Crippen molar-refractivity contribution in [3.63, 3.8) is 0 Å². The predicted molar refractivity (Wildman–Crippen MR) is 84.9 cm³/mol. The number of fused-ring (bicyclic) bond motifs is 1. The summed E-state index contributed by atoms with van der Waals surface area (Å²) in [4.78, 5) is 16.3. The Bertz CT molecular complexity index is 859. The second kappa shape index (κ2) is 6.05. The fraction of sp³-hybridized carbons (Fsp3) is 0. The van der Waals surface area contributed by atoms with E-state index in [-0.39, 0.29) is 11.3 Å². The van der Waals surface area contributed by atoms with Gasteiger partial charge in [-0.05, 0) is 24.3 Å². The van der Waals surface area contributed by atoms with E-state index in [0.29, 0.717) is 5.69 Å². The minimum absolute atomic E-state index is 0.0842. The zero-order valence-electron chi connectivity index (χ0n) is 11.6. The van der Waals surface area contributed by atoms with Crippen molar-refractivity contribution in [3.05, 3.63) is 71.9 Å². The van der Waals surface area contributed by atoms with Crippen LogP contribution in [0.2, 0.25) is 0 Å². The number of nitrogens with zero attached hydrogens (tertiary/aromatic N) is 2. The van der Waals surface area contributed by atoms with Gasteiger partial charge < -0.3 is 5.11 Å². The van der Waals surface area contributed by atoms with E-state index in [1.165, 1.54) is 18.3 Å². The lowest BCUT2D eigenvalue weighted by Gasteiger charge is -2.02. The normalized spacial score (nSPS) is 10.9. The Balaban J connectivity index is 1.73. The maximum Gasteiger partial charge on any atom is 0.275 e. The summed E-state index contributed by atoms with van der Waals surface area (Å²) in [7, 11) is 0. The largest absolute Gasteiger partial charge is 0.507 e. The molecule has 0 aliphatic rings. The van der Waals surface area contributed by atoms with Crippen LogP contribution in [0, 0.1) is 0 Å². The number of aromatic hydroxyl groups is 1. The van der Waals surface area contributed by atoms with E-state index in [1.54, 1.807) is 12.1 Å². The molecule has 0 saturated heterocycles. The Kier molecular flexibility index (Phi) is 3.78. The Morgan fingerprint density at radius 2 is 1.82 bits per heavy atom. The molecule has 0 bridgehead atoms. The van der Waals surface area contributed by atoms with Crippen LogP contribution in [-0.2, 0) is 0 Å². The van der Waals surface area contributed by atoms with Crippen molar-refractivity contribution in [1.29, 1.82) is 0 Å². The van der Waals surface area contributed by atoms with Gasteiger partial charge in [0.2, 0.25) is 0 Å². The van der Waals surface area contributed by atoms with Crippen LogP contribution in [0.25, 0.3) is 10.9 Å². The molecule has 2 N–H and O–H groups in total. The Morgan fingerprint density at radius 3 is 2.68 bits per heavy atom. The number of pyridine rings is 1. The first-order valence-electron chi connectivity index (χ1n) is 6.71. The second-order valence-corrected chi connectivity index (χ2v) is 4.65. The van der Waals surface area contributed by atoms with Gasteiger partial charge in [-0.15, -0.1) is 0 Å². The number of hydrogen-bond donors (Lipinski definition) is 2. The Hall–Kier alpha value is -3.21. The molecule has 3 rings (SSSR count). The van der Waals surface area contributed by atoms with E-state index in [1.807, 2.05) is 36.4 Å². The number of benzene rings is 2. The highest BCUT2D eigenvalue weighted by atomic mass is 16.3. The van der Waals surface area contributed by atoms with Crippen LogP contribution in [0.5, 0.6) is 5.75 Å². The maximum atomic E-state index is 11.9. The molecule has 22 heavy (non-hydrogen) atoms. The highest BCUT2D eigenvalue weighted by Crippen LogP contribution is 2.15. The van der Waals surface area contributed by atoms with E-state index in [4.69, 9.17) is 0 Å². The van der Waals surface area contributed by atoms with Crippen molar-refractivity contribution in [2.45, 2.75) is 0 Å². The third-order valence-electron chi connectivity index (χ3n) is 3.13. The lowest BCUT2D eigenvalue weighted by Crippen LogP contribution is -2.17. The van der Waals surface area contributed by atoms with Crippen LogP contribution in [0.4, 0.5) is 0 Å². The van der Waals surface area contributed by atoms with Crippen LogP contribution in [0.1, 0.15) is 16.1 Å². The molecule has 0 unspecified atom stereocenters. The molecule has 0 radical (unpaired) electrons. The zero-order valence-corrected chi connectivity index (χ0v) is 11.6. The maximum absolute atomic E-state index is 11.9. The van der Waals surface area contributed by atoms with Crippen molar-refractivity contribution < 1.29 is 9.90 Å². The van der Waals surface area contributed by atoms with Gasteiger partial charge in [0, 0.05) is 5.39 Å². The predicted octanol–water partition coefficient (Wildman–Crippen LogP) is 2.70. The lowest BCUT2D eigenvalue weighted by atomic mass is 10.2. The van der Waals surface area contributed by atoms with Gasteiger partial charge in [0.05, 0.1) is 23.0 Å². The van der Waals surface area contributed by atoms with Gasteiger partial charge in [-0.25, -0.2) is 10.4 Å². The molecule has 1 heterocycles. The van der Waals surface area contributed by atoms with Crippen LogP contribution < -0.4 is 5.43 Å². The van der Waals surface area contributed by atoms with Crippen LogP contribution in [0.3, 0.4) is 0 Å². The van der Waals surface area contributed by atoms with Crippen LogP contribution in [-0.4, -0.2) is 22.2 Å². The summed E-state index contributed by atoms with van der Waals surface area (Å²) in [6.07, 6.45) is 1.46. The third kappa shape index (κ3) is 2.93. The molecule has 1 amide bonds. The van der Waals surface area contributed by atoms with Gasteiger partial charge in [0.1, 0.15) is 5.75 Å². The molecular weight excluding hydrogens is 278 g/mol. The average molecular weight is 291 g/mol. The van der Waals surface area contributed by atoms with Gasteiger partial charge in [-0.3, -0.25) is 4.79 Å². The van der Waals surface area contributed by atoms with Crippen LogP contribution in [0.15, 0.2) is 65.8 Å². The van der Waals surface area contributed by atoms with Crippen molar-refractivity contribution in [3.8, 4) is 5.75 Å². The van der Waals surface area contributed by atoms with Gasteiger partial charge in [-0.1, -0.05) is 36.4 Å². The molecule has 1 aromatic heterocycles. The number of hydrazone groups is 1. The van der Waals surface area contributed by atoms with Gasteiger partial charge >= 0.3 is 0 Å². The first kappa shape index (κ1) is 13.8. The van der Waals surface area contributed by atoms with E-state index in [2.05, 4.69) is 15.5 Å². The zero-order chi connectivity index (χ0) is 15.4. The number of para-hydroxylation sites is 2. The second-order valence-electron chi connectivity index (χ2n) is 4.65. The van der Waals surface area contributed by atoms with E-state index in [9.17, 15) is 9.90 Å². The smallest absolute Gasteiger partial charge is 0.275 e.